The lowest BCUT2D eigenvalue weighted by Gasteiger charge is -2.11. The lowest BCUT2D eigenvalue weighted by molar-refractivity contribution is 0.0941. The summed E-state index contributed by atoms with van der Waals surface area (Å²) >= 11 is 0. The van der Waals surface area contributed by atoms with Crippen molar-refractivity contribution in [1.82, 2.24) is 5.32 Å². The molecule has 0 saturated carbocycles. The molecule has 0 heterocycles. The van der Waals surface area contributed by atoms with Crippen LogP contribution in [0.3, 0.4) is 0 Å². The standard InChI is InChI=1S/C21H17F2NO2/c1-13-11-14(7-8-16(13)15-5-3-2-4-6-15)12-24-21(26)19-17(22)9-10-18(25)20(19)23/h2-11,25H,12H2,1H3,(H,24,26). The van der Waals surface area contributed by atoms with Crippen molar-refractivity contribution in [2.24, 2.45) is 0 Å². The summed E-state index contributed by atoms with van der Waals surface area (Å²) in [4.78, 5) is 12.1. The summed E-state index contributed by atoms with van der Waals surface area (Å²) < 4.78 is 27.5. The van der Waals surface area contributed by atoms with Crippen molar-refractivity contribution in [3.8, 4) is 16.9 Å². The smallest absolute Gasteiger partial charge is 0.257 e. The molecule has 26 heavy (non-hydrogen) atoms. The van der Waals surface area contributed by atoms with Crippen LogP contribution in [0.15, 0.2) is 60.7 Å². The summed E-state index contributed by atoms with van der Waals surface area (Å²) in [6, 6.07) is 17.3. The van der Waals surface area contributed by atoms with Gasteiger partial charge in [0.2, 0.25) is 0 Å². The van der Waals surface area contributed by atoms with Gasteiger partial charge in [-0.25, -0.2) is 8.78 Å². The van der Waals surface area contributed by atoms with Crippen molar-refractivity contribution in [3.05, 3.63) is 89.0 Å². The Bertz CT molecular complexity index is 956. The van der Waals surface area contributed by atoms with Crippen molar-refractivity contribution in [2.75, 3.05) is 0 Å². The lowest BCUT2D eigenvalue weighted by atomic mass is 9.98. The van der Waals surface area contributed by atoms with E-state index in [0.717, 1.165) is 34.4 Å². The molecule has 0 aliphatic heterocycles. The zero-order chi connectivity index (χ0) is 18.7. The summed E-state index contributed by atoms with van der Waals surface area (Å²) in [7, 11) is 0. The van der Waals surface area contributed by atoms with E-state index >= 15 is 0 Å². The zero-order valence-corrected chi connectivity index (χ0v) is 14.1. The highest BCUT2D eigenvalue weighted by Crippen LogP contribution is 2.24. The SMILES string of the molecule is Cc1cc(CNC(=O)c2c(F)ccc(O)c2F)ccc1-c1ccccc1. The quantitative estimate of drug-likeness (QED) is 0.721. The number of phenolic OH excluding ortho intramolecular Hbond substituents is 1. The number of rotatable bonds is 4. The first-order valence-corrected chi connectivity index (χ1v) is 8.07. The predicted molar refractivity (Wildman–Crippen MR) is 95.8 cm³/mol. The van der Waals surface area contributed by atoms with Crippen molar-refractivity contribution in [3.63, 3.8) is 0 Å². The average Bonchev–Trinajstić information content (AvgIpc) is 2.64. The van der Waals surface area contributed by atoms with E-state index < -0.39 is 28.9 Å². The van der Waals surface area contributed by atoms with Gasteiger partial charge in [-0.2, -0.15) is 0 Å². The fraction of sp³-hybridized carbons (Fsp3) is 0.0952. The molecule has 0 atom stereocenters. The molecule has 0 aliphatic carbocycles. The average molecular weight is 353 g/mol. The second-order valence-corrected chi connectivity index (χ2v) is 5.95. The molecule has 0 saturated heterocycles. The molecule has 0 aromatic heterocycles. The summed E-state index contributed by atoms with van der Waals surface area (Å²) in [5.41, 5.74) is 3.20. The van der Waals surface area contributed by atoms with Gasteiger partial charge in [-0.15, -0.1) is 0 Å². The molecule has 5 heteroatoms. The topological polar surface area (TPSA) is 49.3 Å². The molecule has 0 spiro atoms. The second-order valence-electron chi connectivity index (χ2n) is 5.95. The molecule has 0 bridgehead atoms. The Kier molecular flexibility index (Phi) is 4.98. The molecule has 0 aliphatic rings. The van der Waals surface area contributed by atoms with Crippen molar-refractivity contribution < 1.29 is 18.7 Å². The number of aromatic hydroxyl groups is 1. The maximum atomic E-state index is 13.8. The molecule has 132 valence electrons. The highest BCUT2D eigenvalue weighted by molar-refractivity contribution is 5.95. The Morgan fingerprint density at radius 2 is 1.77 bits per heavy atom. The van der Waals surface area contributed by atoms with E-state index in [-0.39, 0.29) is 6.54 Å². The van der Waals surface area contributed by atoms with Crippen LogP contribution in [0.2, 0.25) is 0 Å². The summed E-state index contributed by atoms with van der Waals surface area (Å²) in [5, 5.41) is 11.8. The van der Waals surface area contributed by atoms with E-state index in [1.165, 1.54) is 0 Å². The first kappa shape index (κ1) is 17.6. The van der Waals surface area contributed by atoms with Gasteiger partial charge in [0.25, 0.3) is 5.91 Å². The third-order valence-corrected chi connectivity index (χ3v) is 4.13. The number of hydrogen-bond donors (Lipinski definition) is 2. The minimum Gasteiger partial charge on any atom is -0.505 e. The minimum atomic E-state index is -1.27. The maximum Gasteiger partial charge on any atom is 0.257 e. The molecule has 3 aromatic rings. The van der Waals surface area contributed by atoms with Gasteiger partial charge in [0.15, 0.2) is 11.6 Å². The van der Waals surface area contributed by atoms with Crippen LogP contribution in [0.25, 0.3) is 11.1 Å². The van der Waals surface area contributed by atoms with Crippen LogP contribution in [-0.4, -0.2) is 11.0 Å². The normalized spacial score (nSPS) is 10.6. The molecular weight excluding hydrogens is 336 g/mol. The fourth-order valence-electron chi connectivity index (χ4n) is 2.80. The summed E-state index contributed by atoms with van der Waals surface area (Å²) in [6.45, 7) is 2.07. The Labute approximate surface area is 149 Å². The van der Waals surface area contributed by atoms with Gasteiger partial charge in [0, 0.05) is 6.54 Å². The van der Waals surface area contributed by atoms with Gasteiger partial charge >= 0.3 is 0 Å². The van der Waals surface area contributed by atoms with E-state index in [9.17, 15) is 18.7 Å². The van der Waals surface area contributed by atoms with Crippen LogP contribution in [0.4, 0.5) is 8.78 Å². The molecule has 3 aromatic carbocycles. The number of carbonyl (C=O) groups excluding carboxylic acids is 1. The predicted octanol–water partition coefficient (Wildman–Crippen LogP) is 4.58. The fourth-order valence-corrected chi connectivity index (χ4v) is 2.80. The number of carbonyl (C=O) groups is 1. The van der Waals surface area contributed by atoms with E-state index in [1.807, 2.05) is 55.5 Å². The summed E-state index contributed by atoms with van der Waals surface area (Å²) in [6.07, 6.45) is 0. The van der Waals surface area contributed by atoms with Gasteiger partial charge in [-0.1, -0.05) is 48.5 Å². The Hall–Kier alpha value is -3.21. The monoisotopic (exact) mass is 353 g/mol. The molecule has 1 amide bonds. The van der Waals surface area contributed by atoms with Crippen molar-refractivity contribution >= 4 is 5.91 Å². The third-order valence-electron chi connectivity index (χ3n) is 4.13. The number of hydrogen-bond acceptors (Lipinski definition) is 2. The molecule has 3 nitrogen and oxygen atoms in total. The molecular formula is C21H17F2NO2. The molecule has 0 unspecified atom stereocenters. The summed E-state index contributed by atoms with van der Waals surface area (Å²) in [5.74, 6) is -3.97. The van der Waals surface area contributed by atoms with Crippen LogP contribution in [0.5, 0.6) is 5.75 Å². The van der Waals surface area contributed by atoms with Gasteiger partial charge in [0.1, 0.15) is 11.4 Å². The minimum absolute atomic E-state index is 0.114. The van der Waals surface area contributed by atoms with Crippen LogP contribution < -0.4 is 5.32 Å². The van der Waals surface area contributed by atoms with Crippen LogP contribution in [-0.2, 0) is 6.54 Å². The largest absolute Gasteiger partial charge is 0.505 e. The van der Waals surface area contributed by atoms with Crippen LogP contribution in [0.1, 0.15) is 21.5 Å². The van der Waals surface area contributed by atoms with Crippen LogP contribution >= 0.6 is 0 Å². The number of amides is 1. The molecule has 0 fully saturated rings. The Morgan fingerprint density at radius 3 is 2.46 bits per heavy atom. The third kappa shape index (κ3) is 3.57. The van der Waals surface area contributed by atoms with Crippen molar-refractivity contribution in [2.45, 2.75) is 13.5 Å². The van der Waals surface area contributed by atoms with Gasteiger partial charge in [-0.05, 0) is 41.3 Å². The lowest BCUT2D eigenvalue weighted by Crippen LogP contribution is -2.25. The first-order valence-electron chi connectivity index (χ1n) is 8.07. The number of halogens is 2. The van der Waals surface area contributed by atoms with Crippen LogP contribution in [0, 0.1) is 18.6 Å². The Balaban J connectivity index is 1.76. The maximum absolute atomic E-state index is 13.8. The Morgan fingerprint density at radius 1 is 1.04 bits per heavy atom. The van der Waals surface area contributed by atoms with E-state index in [1.54, 1.807) is 0 Å². The van der Waals surface area contributed by atoms with E-state index in [4.69, 9.17) is 0 Å². The van der Waals surface area contributed by atoms with Gasteiger partial charge < -0.3 is 10.4 Å². The number of phenols is 1. The highest BCUT2D eigenvalue weighted by atomic mass is 19.1. The molecule has 0 radical (unpaired) electrons. The first-order chi connectivity index (χ1) is 12.5. The zero-order valence-electron chi connectivity index (χ0n) is 14.1. The second kappa shape index (κ2) is 7.35. The van der Waals surface area contributed by atoms with E-state index in [2.05, 4.69) is 5.32 Å². The van der Waals surface area contributed by atoms with Crippen molar-refractivity contribution in [1.29, 1.82) is 0 Å². The number of aryl methyl sites for hydroxylation is 1. The molecule has 3 rings (SSSR count). The number of benzene rings is 3. The van der Waals surface area contributed by atoms with Gasteiger partial charge in [-0.3, -0.25) is 4.79 Å². The van der Waals surface area contributed by atoms with E-state index in [0.29, 0.717) is 0 Å². The molecule has 2 N–H and O–H groups in total. The van der Waals surface area contributed by atoms with Gasteiger partial charge in [0.05, 0.1) is 0 Å². The highest BCUT2D eigenvalue weighted by Gasteiger charge is 2.20. The number of nitrogens with one attached hydrogen (secondary N) is 1.